The third kappa shape index (κ3) is 8.12. The molecule has 2 amide bonds. The lowest BCUT2D eigenvalue weighted by atomic mass is 10.1. The molecule has 0 aromatic heterocycles. The lowest BCUT2D eigenvalue weighted by Gasteiger charge is -2.33. The largest absolute Gasteiger partial charge is 0.497 e. The summed E-state index contributed by atoms with van der Waals surface area (Å²) in [5, 5.41) is 2.89. The zero-order chi connectivity index (χ0) is 27.3. The number of benzene rings is 2. The number of hydrogen-bond donors (Lipinski definition) is 1. The van der Waals surface area contributed by atoms with Crippen molar-refractivity contribution < 1.29 is 27.5 Å². The second kappa shape index (κ2) is 12.0. The summed E-state index contributed by atoms with van der Waals surface area (Å²) in [4.78, 5) is 28.0. The van der Waals surface area contributed by atoms with E-state index in [1.807, 2.05) is 45.0 Å². The summed E-state index contributed by atoms with van der Waals surface area (Å²) < 4.78 is 38.1. The highest BCUT2D eigenvalue weighted by Gasteiger charge is 2.32. The summed E-state index contributed by atoms with van der Waals surface area (Å²) >= 11 is 3.39. The molecule has 9 nitrogen and oxygen atoms in total. The summed E-state index contributed by atoms with van der Waals surface area (Å²) in [7, 11) is -1.05. The smallest absolute Gasteiger partial charge is 0.244 e. The highest BCUT2D eigenvalue weighted by Crippen LogP contribution is 2.34. The number of carbonyl (C=O) groups excluding carboxylic acids is 2. The van der Waals surface area contributed by atoms with E-state index in [0.717, 1.165) is 20.6 Å². The lowest BCUT2D eigenvalue weighted by Crippen LogP contribution is -2.54. The Kier molecular flexibility index (Phi) is 9.78. The maximum absolute atomic E-state index is 13.7. The fourth-order valence-corrected chi connectivity index (χ4v) is 4.54. The minimum Gasteiger partial charge on any atom is -0.497 e. The Morgan fingerprint density at radius 3 is 2.17 bits per heavy atom. The quantitative estimate of drug-likeness (QED) is 0.458. The average Bonchev–Trinajstić information content (AvgIpc) is 2.79. The second-order valence-corrected chi connectivity index (χ2v) is 12.2. The molecule has 0 aliphatic rings. The van der Waals surface area contributed by atoms with Gasteiger partial charge in [0.2, 0.25) is 21.8 Å². The molecule has 2 aromatic carbocycles. The third-order valence-electron chi connectivity index (χ3n) is 5.27. The summed E-state index contributed by atoms with van der Waals surface area (Å²) in [5.74, 6) is -0.244. The Labute approximate surface area is 221 Å². The van der Waals surface area contributed by atoms with Gasteiger partial charge in [-0.25, -0.2) is 8.42 Å². The first kappa shape index (κ1) is 29.4. The molecule has 0 saturated heterocycles. The first-order valence-electron chi connectivity index (χ1n) is 11.2. The third-order valence-corrected chi connectivity index (χ3v) is 6.92. The molecule has 1 N–H and O–H groups in total. The van der Waals surface area contributed by atoms with E-state index >= 15 is 0 Å². The SMILES string of the molecule is COc1ccc(OC)c(N(CC(=O)N(Cc2ccc(Br)cc2)[C@H](C)C(=O)NC(C)(C)C)S(C)(=O)=O)c1. The molecule has 0 unspecified atom stereocenters. The van der Waals surface area contributed by atoms with E-state index in [0.29, 0.717) is 5.75 Å². The molecular weight excluding hydrogens is 550 g/mol. The summed E-state index contributed by atoms with van der Waals surface area (Å²) in [6, 6.07) is 11.1. The van der Waals surface area contributed by atoms with E-state index in [2.05, 4.69) is 21.2 Å². The van der Waals surface area contributed by atoms with Gasteiger partial charge >= 0.3 is 0 Å². The highest BCUT2D eigenvalue weighted by atomic mass is 79.9. The molecule has 0 fully saturated rings. The van der Waals surface area contributed by atoms with Crippen LogP contribution in [0.3, 0.4) is 0 Å². The monoisotopic (exact) mass is 583 g/mol. The number of carbonyl (C=O) groups is 2. The van der Waals surface area contributed by atoms with E-state index < -0.39 is 34.1 Å². The van der Waals surface area contributed by atoms with Crippen LogP contribution in [0.4, 0.5) is 5.69 Å². The number of amides is 2. The van der Waals surface area contributed by atoms with Crippen LogP contribution < -0.4 is 19.1 Å². The van der Waals surface area contributed by atoms with E-state index in [-0.39, 0.29) is 23.9 Å². The van der Waals surface area contributed by atoms with Crippen molar-refractivity contribution >= 4 is 43.5 Å². The van der Waals surface area contributed by atoms with Gasteiger partial charge in [0, 0.05) is 22.6 Å². The molecule has 36 heavy (non-hydrogen) atoms. The predicted octanol–water partition coefficient (Wildman–Crippen LogP) is 3.56. The number of anilines is 1. The summed E-state index contributed by atoms with van der Waals surface area (Å²) in [6.07, 6.45) is 1.01. The molecule has 0 bridgehead atoms. The number of halogens is 1. The zero-order valence-electron chi connectivity index (χ0n) is 21.7. The van der Waals surface area contributed by atoms with Crippen LogP contribution in [0.2, 0.25) is 0 Å². The van der Waals surface area contributed by atoms with E-state index in [9.17, 15) is 18.0 Å². The number of rotatable bonds is 10. The van der Waals surface area contributed by atoms with E-state index in [1.54, 1.807) is 19.1 Å². The van der Waals surface area contributed by atoms with Gasteiger partial charge in [0.05, 0.1) is 26.2 Å². The van der Waals surface area contributed by atoms with E-state index in [4.69, 9.17) is 9.47 Å². The molecule has 0 radical (unpaired) electrons. The Morgan fingerprint density at radius 1 is 1.06 bits per heavy atom. The Morgan fingerprint density at radius 2 is 1.67 bits per heavy atom. The van der Waals surface area contributed by atoms with Crippen molar-refractivity contribution in [3.63, 3.8) is 0 Å². The normalized spacial score (nSPS) is 12.4. The first-order chi connectivity index (χ1) is 16.7. The van der Waals surface area contributed by atoms with Crippen molar-refractivity contribution in [2.24, 2.45) is 0 Å². The summed E-state index contributed by atoms with van der Waals surface area (Å²) in [6.45, 7) is 6.73. The van der Waals surface area contributed by atoms with Crippen LogP contribution in [-0.4, -0.2) is 63.7 Å². The average molecular weight is 585 g/mol. The predicted molar refractivity (Wildman–Crippen MR) is 144 cm³/mol. The van der Waals surface area contributed by atoms with Gasteiger partial charge in [-0.3, -0.25) is 13.9 Å². The van der Waals surface area contributed by atoms with Crippen LogP contribution in [0.15, 0.2) is 46.9 Å². The van der Waals surface area contributed by atoms with Crippen LogP contribution >= 0.6 is 15.9 Å². The number of ether oxygens (including phenoxy) is 2. The molecule has 0 saturated carbocycles. The molecule has 2 aromatic rings. The molecule has 0 aliphatic carbocycles. The van der Waals surface area contributed by atoms with Crippen molar-refractivity contribution in [2.45, 2.75) is 45.8 Å². The number of sulfonamides is 1. The highest BCUT2D eigenvalue weighted by molar-refractivity contribution is 9.10. The Hall–Kier alpha value is -2.79. The van der Waals surface area contributed by atoms with Crippen LogP contribution in [0.1, 0.15) is 33.3 Å². The topological polar surface area (TPSA) is 105 Å². The molecule has 0 aliphatic heterocycles. The molecule has 11 heteroatoms. The number of nitrogens with one attached hydrogen (secondary N) is 1. The van der Waals surface area contributed by atoms with Crippen LogP contribution in [0.25, 0.3) is 0 Å². The van der Waals surface area contributed by atoms with Gasteiger partial charge < -0.3 is 19.7 Å². The molecule has 1 atom stereocenters. The maximum Gasteiger partial charge on any atom is 0.244 e. The zero-order valence-corrected chi connectivity index (χ0v) is 24.1. The van der Waals surface area contributed by atoms with Crippen molar-refractivity contribution in [1.82, 2.24) is 10.2 Å². The van der Waals surface area contributed by atoms with Crippen LogP contribution in [0, 0.1) is 0 Å². The number of methoxy groups -OCH3 is 2. The van der Waals surface area contributed by atoms with Gasteiger partial charge in [0.15, 0.2) is 0 Å². The fourth-order valence-electron chi connectivity index (χ4n) is 3.43. The van der Waals surface area contributed by atoms with Gasteiger partial charge in [-0.05, 0) is 57.5 Å². The van der Waals surface area contributed by atoms with Crippen molar-refractivity contribution in [3.05, 3.63) is 52.5 Å². The minimum atomic E-state index is -3.91. The van der Waals surface area contributed by atoms with Crippen LogP contribution in [-0.2, 0) is 26.2 Å². The molecular formula is C25H34BrN3O6S. The van der Waals surface area contributed by atoms with Crippen molar-refractivity contribution in [2.75, 3.05) is 31.3 Å². The van der Waals surface area contributed by atoms with Gasteiger partial charge in [0.1, 0.15) is 24.1 Å². The van der Waals surface area contributed by atoms with E-state index in [1.165, 1.54) is 25.2 Å². The molecule has 2 rings (SSSR count). The van der Waals surface area contributed by atoms with Gasteiger partial charge in [-0.1, -0.05) is 28.1 Å². The molecule has 0 heterocycles. The van der Waals surface area contributed by atoms with Gasteiger partial charge in [-0.2, -0.15) is 0 Å². The van der Waals surface area contributed by atoms with Crippen molar-refractivity contribution in [3.8, 4) is 11.5 Å². The second-order valence-electron chi connectivity index (χ2n) is 9.37. The summed E-state index contributed by atoms with van der Waals surface area (Å²) in [5.41, 5.74) is 0.430. The molecule has 0 spiro atoms. The van der Waals surface area contributed by atoms with Gasteiger partial charge in [-0.15, -0.1) is 0 Å². The number of nitrogens with zero attached hydrogens (tertiary/aromatic N) is 2. The van der Waals surface area contributed by atoms with Crippen LogP contribution in [0.5, 0.6) is 11.5 Å². The first-order valence-corrected chi connectivity index (χ1v) is 13.9. The molecule has 198 valence electrons. The maximum atomic E-state index is 13.7. The lowest BCUT2D eigenvalue weighted by molar-refractivity contribution is -0.140. The van der Waals surface area contributed by atoms with Crippen molar-refractivity contribution in [1.29, 1.82) is 0 Å². The fraction of sp³-hybridized carbons (Fsp3) is 0.440. The Balaban J connectivity index is 2.49. The standard InChI is InChI=1S/C25H34BrN3O6S/c1-17(24(31)27-25(2,3)4)28(15-18-8-10-19(26)11-9-18)23(30)16-29(36(7,32)33)21-14-20(34-5)12-13-22(21)35-6/h8-14,17H,15-16H2,1-7H3,(H,27,31)/t17-/m1/s1. The minimum absolute atomic E-state index is 0.109. The van der Waals surface area contributed by atoms with Gasteiger partial charge in [0.25, 0.3) is 0 Å². The Bertz CT molecular complexity index is 1180. The number of hydrogen-bond acceptors (Lipinski definition) is 6.